The molecule has 3 aromatic rings. The maximum atomic E-state index is 12.5. The SMILES string of the molecule is C[C@H](CNCCc1ccn[nH]1)NS(=O)(=O)c1ccc2cnccc2c1.Cl. The van der Waals surface area contributed by atoms with Crippen LogP contribution in [0.5, 0.6) is 0 Å². The van der Waals surface area contributed by atoms with Gasteiger partial charge in [-0.2, -0.15) is 5.10 Å². The largest absolute Gasteiger partial charge is 0.315 e. The lowest BCUT2D eigenvalue weighted by atomic mass is 10.2. The standard InChI is InChI=1S/C17H21N5O2S.ClH/c1-13(11-18-8-5-16-6-9-20-21-16)22-25(23,24)17-3-2-15-12-19-7-4-14(15)10-17;/h2-4,6-7,9-10,12-13,18,22H,5,8,11H2,1H3,(H,20,21);1H/t13-;/m1./s1. The molecule has 0 saturated heterocycles. The van der Waals surface area contributed by atoms with Gasteiger partial charge in [0.25, 0.3) is 0 Å². The van der Waals surface area contributed by atoms with E-state index in [2.05, 4.69) is 25.2 Å². The van der Waals surface area contributed by atoms with E-state index in [-0.39, 0.29) is 23.3 Å². The van der Waals surface area contributed by atoms with Gasteiger partial charge in [0.2, 0.25) is 10.0 Å². The number of sulfonamides is 1. The minimum absolute atomic E-state index is 0. The number of hydrogen-bond donors (Lipinski definition) is 3. The van der Waals surface area contributed by atoms with Crippen molar-refractivity contribution in [3.8, 4) is 0 Å². The molecule has 0 aliphatic rings. The second kappa shape index (κ2) is 9.09. The minimum Gasteiger partial charge on any atom is -0.315 e. The number of nitrogens with one attached hydrogen (secondary N) is 3. The maximum absolute atomic E-state index is 12.5. The van der Waals surface area contributed by atoms with E-state index in [0.29, 0.717) is 6.54 Å². The molecule has 0 bridgehead atoms. The van der Waals surface area contributed by atoms with Crippen molar-refractivity contribution in [3.05, 3.63) is 54.6 Å². The Labute approximate surface area is 159 Å². The Morgan fingerprint density at radius 2 is 2.00 bits per heavy atom. The molecule has 0 spiro atoms. The number of benzene rings is 1. The van der Waals surface area contributed by atoms with Gasteiger partial charge in [-0.15, -0.1) is 12.4 Å². The van der Waals surface area contributed by atoms with E-state index in [0.717, 1.165) is 29.4 Å². The zero-order chi connectivity index (χ0) is 17.7. The van der Waals surface area contributed by atoms with Crippen LogP contribution in [-0.2, 0) is 16.4 Å². The van der Waals surface area contributed by atoms with Crippen molar-refractivity contribution >= 4 is 33.2 Å². The van der Waals surface area contributed by atoms with Crippen LogP contribution >= 0.6 is 12.4 Å². The Bertz CT molecular complexity index is 931. The minimum atomic E-state index is -3.56. The van der Waals surface area contributed by atoms with Gasteiger partial charge in [0.15, 0.2) is 0 Å². The second-order valence-electron chi connectivity index (χ2n) is 5.94. The summed E-state index contributed by atoms with van der Waals surface area (Å²) in [6, 6.07) is 8.53. The van der Waals surface area contributed by atoms with Crippen LogP contribution in [0.3, 0.4) is 0 Å². The smallest absolute Gasteiger partial charge is 0.240 e. The fourth-order valence-electron chi connectivity index (χ4n) is 2.57. The first-order valence-electron chi connectivity index (χ1n) is 8.10. The summed E-state index contributed by atoms with van der Waals surface area (Å²) in [5, 5.41) is 11.8. The van der Waals surface area contributed by atoms with Crippen LogP contribution in [0.15, 0.2) is 53.8 Å². The molecule has 9 heteroatoms. The average molecular weight is 396 g/mol. The zero-order valence-corrected chi connectivity index (χ0v) is 16.0. The van der Waals surface area contributed by atoms with Gasteiger partial charge in [-0.1, -0.05) is 6.07 Å². The van der Waals surface area contributed by atoms with E-state index >= 15 is 0 Å². The van der Waals surface area contributed by atoms with Crippen LogP contribution in [0, 0.1) is 0 Å². The van der Waals surface area contributed by atoms with E-state index in [1.165, 1.54) is 0 Å². The Kier molecular flexibility index (Phi) is 7.10. The Hall–Kier alpha value is -2.00. The first-order valence-corrected chi connectivity index (χ1v) is 9.58. The average Bonchev–Trinajstić information content (AvgIpc) is 3.11. The summed E-state index contributed by atoms with van der Waals surface area (Å²) in [6.45, 7) is 3.13. The lowest BCUT2D eigenvalue weighted by molar-refractivity contribution is 0.536. The number of nitrogens with zero attached hydrogens (tertiary/aromatic N) is 2. The molecule has 1 atom stereocenters. The molecule has 0 unspecified atom stereocenters. The summed E-state index contributed by atoms with van der Waals surface area (Å²) in [5.74, 6) is 0. The van der Waals surface area contributed by atoms with Crippen molar-refractivity contribution in [2.24, 2.45) is 0 Å². The number of pyridine rings is 1. The molecular weight excluding hydrogens is 374 g/mol. The summed E-state index contributed by atoms with van der Waals surface area (Å²) in [6.07, 6.45) is 5.90. The molecule has 0 amide bonds. The van der Waals surface area contributed by atoms with Crippen LogP contribution in [0.2, 0.25) is 0 Å². The van der Waals surface area contributed by atoms with Crippen molar-refractivity contribution in [1.29, 1.82) is 0 Å². The molecule has 0 fully saturated rings. The molecule has 0 aliphatic carbocycles. The quantitative estimate of drug-likeness (QED) is 0.506. The molecule has 26 heavy (non-hydrogen) atoms. The highest BCUT2D eigenvalue weighted by Crippen LogP contribution is 2.18. The Morgan fingerprint density at radius 1 is 1.15 bits per heavy atom. The molecular formula is C17H22ClN5O2S. The molecule has 140 valence electrons. The van der Waals surface area contributed by atoms with Crippen molar-refractivity contribution in [2.75, 3.05) is 13.1 Å². The van der Waals surface area contributed by atoms with E-state index in [1.54, 1.807) is 42.9 Å². The van der Waals surface area contributed by atoms with Crippen LogP contribution < -0.4 is 10.0 Å². The van der Waals surface area contributed by atoms with Gasteiger partial charge >= 0.3 is 0 Å². The topological polar surface area (TPSA) is 99.8 Å². The highest BCUT2D eigenvalue weighted by atomic mass is 35.5. The third kappa shape index (κ3) is 5.25. The molecule has 0 aliphatic heterocycles. The number of H-pyrrole nitrogens is 1. The van der Waals surface area contributed by atoms with Gasteiger partial charge in [0.05, 0.1) is 4.90 Å². The van der Waals surface area contributed by atoms with E-state index in [1.807, 2.05) is 13.0 Å². The number of halogens is 1. The van der Waals surface area contributed by atoms with E-state index < -0.39 is 10.0 Å². The molecule has 3 N–H and O–H groups in total. The molecule has 0 saturated carbocycles. The molecule has 2 aromatic heterocycles. The summed E-state index contributed by atoms with van der Waals surface area (Å²) in [7, 11) is -3.56. The van der Waals surface area contributed by atoms with Gasteiger partial charge in [0.1, 0.15) is 0 Å². The lowest BCUT2D eigenvalue weighted by Gasteiger charge is -2.15. The number of rotatable bonds is 8. The van der Waals surface area contributed by atoms with Crippen molar-refractivity contribution < 1.29 is 8.42 Å². The Morgan fingerprint density at radius 3 is 2.77 bits per heavy atom. The van der Waals surface area contributed by atoms with E-state index in [9.17, 15) is 8.42 Å². The first-order chi connectivity index (χ1) is 12.0. The van der Waals surface area contributed by atoms with Crippen molar-refractivity contribution in [2.45, 2.75) is 24.3 Å². The predicted molar refractivity (Wildman–Crippen MR) is 104 cm³/mol. The molecule has 1 aromatic carbocycles. The first kappa shape index (κ1) is 20.3. The van der Waals surface area contributed by atoms with Gasteiger partial charge in [0, 0.05) is 55.2 Å². The van der Waals surface area contributed by atoms with Crippen LogP contribution in [0.1, 0.15) is 12.6 Å². The third-order valence-corrected chi connectivity index (χ3v) is 5.45. The molecule has 0 radical (unpaired) electrons. The summed E-state index contributed by atoms with van der Waals surface area (Å²) in [5.41, 5.74) is 1.05. The summed E-state index contributed by atoms with van der Waals surface area (Å²) in [4.78, 5) is 4.29. The highest BCUT2D eigenvalue weighted by Gasteiger charge is 2.17. The van der Waals surface area contributed by atoms with Gasteiger partial charge in [-0.05, 0) is 36.6 Å². The van der Waals surface area contributed by atoms with Gasteiger partial charge in [-0.3, -0.25) is 10.1 Å². The van der Waals surface area contributed by atoms with Gasteiger partial charge < -0.3 is 5.32 Å². The molecule has 3 rings (SSSR count). The van der Waals surface area contributed by atoms with Crippen molar-refractivity contribution in [3.63, 3.8) is 0 Å². The third-order valence-electron chi connectivity index (χ3n) is 3.86. The van der Waals surface area contributed by atoms with Crippen LogP contribution in [0.4, 0.5) is 0 Å². The second-order valence-corrected chi connectivity index (χ2v) is 7.66. The van der Waals surface area contributed by atoms with Crippen molar-refractivity contribution in [1.82, 2.24) is 25.2 Å². The summed E-state index contributed by atoms with van der Waals surface area (Å²) < 4.78 is 27.8. The zero-order valence-electron chi connectivity index (χ0n) is 14.3. The summed E-state index contributed by atoms with van der Waals surface area (Å²) >= 11 is 0. The molecule has 7 nitrogen and oxygen atoms in total. The maximum Gasteiger partial charge on any atom is 0.240 e. The fraction of sp³-hybridized carbons (Fsp3) is 0.294. The molecule has 2 heterocycles. The number of hydrogen-bond acceptors (Lipinski definition) is 5. The lowest BCUT2D eigenvalue weighted by Crippen LogP contribution is -2.40. The van der Waals surface area contributed by atoms with Crippen LogP contribution in [0.25, 0.3) is 10.8 Å². The fourth-order valence-corrected chi connectivity index (χ4v) is 3.85. The normalized spacial score (nSPS) is 12.7. The monoisotopic (exact) mass is 395 g/mol. The number of aromatic amines is 1. The number of aromatic nitrogens is 3. The Balaban J connectivity index is 0.00000243. The van der Waals surface area contributed by atoms with Crippen LogP contribution in [-0.4, -0.2) is 42.7 Å². The van der Waals surface area contributed by atoms with Gasteiger partial charge in [-0.25, -0.2) is 13.1 Å². The number of fused-ring (bicyclic) bond motifs is 1. The predicted octanol–water partition coefficient (Wildman–Crippen LogP) is 1.88. The van der Waals surface area contributed by atoms with E-state index in [4.69, 9.17) is 0 Å². The highest BCUT2D eigenvalue weighted by molar-refractivity contribution is 7.89.